The number of para-hydroxylation sites is 2. The normalized spacial score (nSPS) is 19.4. The first kappa shape index (κ1) is 38.9. The Hall–Kier alpha value is -4.56. The van der Waals surface area contributed by atoms with Crippen LogP contribution in [0.25, 0.3) is 21.8 Å². The van der Waals surface area contributed by atoms with Crippen LogP contribution in [0.1, 0.15) is 57.5 Å². The third kappa shape index (κ3) is 8.45. The van der Waals surface area contributed by atoms with Gasteiger partial charge in [0.25, 0.3) is 11.8 Å². The SMILES string of the molecule is O=C(c1ccccc1C(=O)N(CCc1c[nH]c2ccccc12)CCN1CCC2(CC1)OCCO2)N(CCc1c[nH]c2ccccc12)CCN1CCC2(CC1)OCCO2. The molecule has 4 saturated heterocycles. The molecule has 3 aromatic carbocycles. The highest BCUT2D eigenvalue weighted by Gasteiger charge is 2.41. The largest absolute Gasteiger partial charge is 0.361 e. The zero-order chi connectivity index (χ0) is 39.4. The van der Waals surface area contributed by atoms with Crippen LogP contribution >= 0.6 is 0 Å². The van der Waals surface area contributed by atoms with E-state index in [1.165, 1.54) is 21.9 Å². The molecule has 2 amide bonds. The van der Waals surface area contributed by atoms with Crippen molar-refractivity contribution in [3.8, 4) is 0 Å². The van der Waals surface area contributed by atoms with Crippen LogP contribution < -0.4 is 0 Å². The van der Waals surface area contributed by atoms with E-state index in [0.29, 0.717) is 76.6 Å². The van der Waals surface area contributed by atoms with Crippen LogP contribution in [0.5, 0.6) is 0 Å². The van der Waals surface area contributed by atoms with Gasteiger partial charge >= 0.3 is 0 Å². The zero-order valence-electron chi connectivity index (χ0n) is 33.5. The van der Waals surface area contributed by atoms with E-state index in [2.05, 4.69) is 68.6 Å². The summed E-state index contributed by atoms with van der Waals surface area (Å²) >= 11 is 0. The molecule has 2 aromatic heterocycles. The number of nitrogens with zero attached hydrogens (tertiary/aromatic N) is 4. The van der Waals surface area contributed by atoms with Gasteiger partial charge in [0.05, 0.1) is 37.6 Å². The number of carbonyl (C=O) groups excluding carboxylic acids is 2. The van der Waals surface area contributed by atoms with E-state index in [1.54, 1.807) is 0 Å². The van der Waals surface area contributed by atoms with Gasteiger partial charge in [-0.1, -0.05) is 48.5 Å². The topological polar surface area (TPSA) is 116 Å². The van der Waals surface area contributed by atoms with E-state index >= 15 is 0 Å². The average molecular weight is 789 g/mol. The molecule has 4 aliphatic rings. The van der Waals surface area contributed by atoms with Gasteiger partial charge in [-0.15, -0.1) is 0 Å². The first-order valence-corrected chi connectivity index (χ1v) is 21.2. The molecule has 0 bridgehead atoms. The summed E-state index contributed by atoms with van der Waals surface area (Å²) in [4.78, 5) is 45.2. The molecule has 58 heavy (non-hydrogen) atoms. The van der Waals surface area contributed by atoms with Crippen LogP contribution in [0.15, 0.2) is 85.2 Å². The predicted molar refractivity (Wildman–Crippen MR) is 223 cm³/mol. The van der Waals surface area contributed by atoms with Crippen molar-refractivity contribution < 1.29 is 28.5 Å². The molecule has 12 heteroatoms. The maximum absolute atomic E-state index is 14.9. The van der Waals surface area contributed by atoms with Crippen LogP contribution in [0.4, 0.5) is 0 Å². The van der Waals surface area contributed by atoms with Crippen LogP contribution in [0, 0.1) is 0 Å². The maximum Gasteiger partial charge on any atom is 0.254 e. The first-order chi connectivity index (χ1) is 28.5. The molecular formula is C46H56N6O6. The average Bonchev–Trinajstić information content (AvgIpc) is 4.10. The van der Waals surface area contributed by atoms with Crippen molar-refractivity contribution in [2.45, 2.75) is 50.1 Å². The molecule has 0 aliphatic carbocycles. The molecule has 0 unspecified atom stereocenters. The molecule has 0 saturated carbocycles. The van der Waals surface area contributed by atoms with Gasteiger partial charge in [0.2, 0.25) is 0 Å². The summed E-state index contributed by atoms with van der Waals surface area (Å²) in [7, 11) is 0. The Bertz CT molecular complexity index is 2010. The smallest absolute Gasteiger partial charge is 0.254 e. The molecule has 5 aromatic rings. The van der Waals surface area contributed by atoms with Gasteiger partial charge in [0.15, 0.2) is 11.6 Å². The van der Waals surface area contributed by atoms with Crippen molar-refractivity contribution >= 4 is 33.6 Å². The molecule has 2 N–H and O–H groups in total. The van der Waals surface area contributed by atoms with E-state index in [0.717, 1.165) is 76.0 Å². The molecule has 6 heterocycles. The highest BCUT2D eigenvalue weighted by molar-refractivity contribution is 6.07. The lowest BCUT2D eigenvalue weighted by atomic mass is 10.0. The summed E-state index contributed by atoms with van der Waals surface area (Å²) in [6.45, 7) is 9.62. The Morgan fingerprint density at radius 1 is 0.534 bits per heavy atom. The van der Waals surface area contributed by atoms with Gasteiger partial charge in [-0.05, 0) is 48.2 Å². The molecule has 9 rings (SSSR count). The van der Waals surface area contributed by atoms with Crippen LogP contribution in [-0.4, -0.2) is 145 Å². The highest BCUT2D eigenvalue weighted by atomic mass is 16.7. The zero-order valence-corrected chi connectivity index (χ0v) is 33.5. The number of hydrogen-bond acceptors (Lipinski definition) is 8. The molecular weight excluding hydrogens is 733 g/mol. The first-order valence-electron chi connectivity index (χ1n) is 21.2. The number of benzene rings is 3. The molecule has 12 nitrogen and oxygen atoms in total. The molecule has 0 atom stereocenters. The van der Waals surface area contributed by atoms with E-state index < -0.39 is 11.6 Å². The van der Waals surface area contributed by atoms with Crippen molar-refractivity contribution in [1.82, 2.24) is 29.6 Å². The van der Waals surface area contributed by atoms with Crippen molar-refractivity contribution in [3.63, 3.8) is 0 Å². The van der Waals surface area contributed by atoms with Crippen LogP contribution in [0.2, 0.25) is 0 Å². The fraction of sp³-hybridized carbons (Fsp3) is 0.478. The molecule has 306 valence electrons. The Morgan fingerprint density at radius 2 is 0.914 bits per heavy atom. The molecule has 4 fully saturated rings. The fourth-order valence-electron chi connectivity index (χ4n) is 9.34. The number of H-pyrrole nitrogens is 2. The lowest BCUT2D eigenvalue weighted by Gasteiger charge is -2.38. The maximum atomic E-state index is 14.9. The second-order valence-electron chi connectivity index (χ2n) is 16.2. The minimum atomic E-state index is -0.449. The molecule has 4 aliphatic heterocycles. The number of hydrogen-bond donors (Lipinski definition) is 2. The number of piperidine rings is 2. The number of rotatable bonds is 14. The number of carbonyl (C=O) groups is 2. The van der Waals surface area contributed by atoms with Gasteiger partial charge in [-0.25, -0.2) is 0 Å². The second-order valence-corrected chi connectivity index (χ2v) is 16.2. The lowest BCUT2D eigenvalue weighted by molar-refractivity contribution is -0.185. The van der Waals surface area contributed by atoms with Crippen molar-refractivity contribution in [2.75, 3.05) is 91.9 Å². The van der Waals surface area contributed by atoms with E-state index in [9.17, 15) is 9.59 Å². The second kappa shape index (κ2) is 17.3. The van der Waals surface area contributed by atoms with Crippen LogP contribution in [-0.2, 0) is 31.8 Å². The van der Waals surface area contributed by atoms with E-state index in [1.807, 2.05) is 46.2 Å². The summed E-state index contributed by atoms with van der Waals surface area (Å²) in [5.41, 5.74) is 5.41. The van der Waals surface area contributed by atoms with Crippen molar-refractivity contribution in [2.24, 2.45) is 0 Å². The van der Waals surface area contributed by atoms with Crippen molar-refractivity contribution in [3.05, 3.63) is 107 Å². The number of aromatic nitrogens is 2. The quantitative estimate of drug-likeness (QED) is 0.148. The van der Waals surface area contributed by atoms with Crippen LogP contribution in [0.3, 0.4) is 0 Å². The van der Waals surface area contributed by atoms with Gasteiger partial charge in [0, 0.05) is 125 Å². The van der Waals surface area contributed by atoms with Gasteiger partial charge in [-0.2, -0.15) is 0 Å². The Balaban J connectivity index is 0.937. The van der Waals surface area contributed by atoms with Gasteiger partial charge in [0.1, 0.15) is 0 Å². The predicted octanol–water partition coefficient (Wildman–Crippen LogP) is 5.70. The van der Waals surface area contributed by atoms with E-state index in [-0.39, 0.29) is 11.8 Å². The minimum Gasteiger partial charge on any atom is -0.361 e. The number of aromatic amines is 2. The molecule has 0 radical (unpaired) electrons. The summed E-state index contributed by atoms with van der Waals surface area (Å²) in [5, 5.41) is 2.34. The number of fused-ring (bicyclic) bond motifs is 2. The highest BCUT2D eigenvalue weighted by Crippen LogP contribution is 2.32. The number of ether oxygens (including phenoxy) is 4. The van der Waals surface area contributed by atoms with Gasteiger partial charge in [-0.3, -0.25) is 9.59 Å². The Morgan fingerprint density at radius 3 is 1.33 bits per heavy atom. The third-order valence-corrected chi connectivity index (χ3v) is 12.8. The van der Waals surface area contributed by atoms with Crippen molar-refractivity contribution in [1.29, 1.82) is 0 Å². The van der Waals surface area contributed by atoms with Gasteiger partial charge < -0.3 is 48.5 Å². The number of likely N-dealkylation sites (tertiary alicyclic amines) is 2. The number of nitrogens with one attached hydrogen (secondary N) is 2. The summed E-state index contributed by atoms with van der Waals surface area (Å²) in [5.74, 6) is -1.13. The number of amides is 2. The monoisotopic (exact) mass is 788 g/mol. The summed E-state index contributed by atoms with van der Waals surface area (Å²) < 4.78 is 23.9. The standard InChI is InChI=1S/C46H56N6O6/c53-43(51(19-13-35-33-47-41-11-5-3-7-37(35)41)27-25-49-21-15-45(16-22-49)55-29-30-56-45)39-9-1-2-10-40(39)44(54)52(20-14-36-34-48-42-12-6-4-8-38(36)42)28-26-50-23-17-46(18-24-50)57-31-32-58-46/h1-12,33-34,47-48H,13-32H2. The fourth-order valence-corrected chi connectivity index (χ4v) is 9.34. The Labute approximate surface area is 340 Å². The lowest BCUT2D eigenvalue weighted by Crippen LogP contribution is -2.48. The van der Waals surface area contributed by atoms with E-state index in [4.69, 9.17) is 18.9 Å². The third-order valence-electron chi connectivity index (χ3n) is 12.8. The Kier molecular flexibility index (Phi) is 11.6. The minimum absolute atomic E-state index is 0.116. The molecule has 2 spiro atoms. The summed E-state index contributed by atoms with van der Waals surface area (Å²) in [6, 6.07) is 24.0. The summed E-state index contributed by atoms with van der Waals surface area (Å²) in [6.07, 6.45) is 8.78.